The number of rotatable bonds is 6. The van der Waals surface area contributed by atoms with Crippen LogP contribution in [0.15, 0.2) is 18.2 Å². The minimum absolute atomic E-state index is 0.0611. The summed E-state index contributed by atoms with van der Waals surface area (Å²) in [6.45, 7) is 4.23. The number of benzene rings is 1. The van der Waals surface area contributed by atoms with Gasteiger partial charge in [-0.05, 0) is 43.0 Å². The number of nitrogens with one attached hydrogen (secondary N) is 1. The summed E-state index contributed by atoms with van der Waals surface area (Å²) >= 11 is 0. The molecular weight excluding hydrogens is 250 g/mol. The van der Waals surface area contributed by atoms with Crippen molar-refractivity contribution in [3.05, 3.63) is 29.3 Å². The lowest BCUT2D eigenvalue weighted by atomic mass is 9.89. The lowest BCUT2D eigenvalue weighted by Crippen LogP contribution is -2.20. The molecule has 1 amide bonds. The normalized spacial score (nSPS) is 15.4. The Morgan fingerprint density at radius 3 is 2.80 bits per heavy atom. The number of unbranched alkanes of at least 4 members (excludes halogenated alkanes) is 1. The van der Waals surface area contributed by atoms with Crippen LogP contribution in [-0.2, 0) is 11.2 Å². The average Bonchev–Trinajstić information content (AvgIpc) is 2.47. The van der Waals surface area contributed by atoms with Crippen molar-refractivity contribution in [1.82, 2.24) is 0 Å². The number of amides is 1. The van der Waals surface area contributed by atoms with Gasteiger partial charge in [0.25, 0.3) is 0 Å². The first-order valence-electron chi connectivity index (χ1n) is 7.62. The van der Waals surface area contributed by atoms with Crippen molar-refractivity contribution in [1.29, 1.82) is 0 Å². The molecule has 1 aromatic rings. The van der Waals surface area contributed by atoms with Crippen LogP contribution < -0.4 is 5.32 Å². The maximum Gasteiger partial charge on any atom is 0.224 e. The summed E-state index contributed by atoms with van der Waals surface area (Å²) < 4.78 is 0. The first-order valence-corrected chi connectivity index (χ1v) is 7.62. The van der Waals surface area contributed by atoms with E-state index in [4.69, 9.17) is 0 Å². The van der Waals surface area contributed by atoms with Gasteiger partial charge in [-0.15, -0.1) is 0 Å². The fraction of sp³-hybridized carbons (Fsp3) is 0.529. The molecule has 2 rings (SSSR count). The first kappa shape index (κ1) is 14.8. The third-order valence-corrected chi connectivity index (χ3v) is 4.05. The van der Waals surface area contributed by atoms with E-state index in [0.717, 1.165) is 48.9 Å². The molecule has 0 aliphatic carbocycles. The Morgan fingerprint density at radius 2 is 2.10 bits per heavy atom. The number of carbonyl (C=O) groups is 2. The van der Waals surface area contributed by atoms with Gasteiger partial charge >= 0.3 is 0 Å². The summed E-state index contributed by atoms with van der Waals surface area (Å²) in [5, 5.41) is 2.85. The summed E-state index contributed by atoms with van der Waals surface area (Å²) in [6, 6.07) is 5.68. The standard InChI is InChI=1S/C17H23NO2/c1-3-5-6-12(4-2)17(20)14-7-9-15-13(11-14)8-10-16(19)18-15/h7,9,11-12H,3-6,8,10H2,1-2H3,(H,18,19). The van der Waals surface area contributed by atoms with Crippen molar-refractivity contribution in [2.24, 2.45) is 5.92 Å². The van der Waals surface area contributed by atoms with E-state index in [1.165, 1.54) is 0 Å². The maximum absolute atomic E-state index is 12.5. The SMILES string of the molecule is CCCCC(CC)C(=O)c1ccc2c(c1)CCC(=O)N2. The summed E-state index contributed by atoms with van der Waals surface area (Å²) in [7, 11) is 0. The van der Waals surface area contributed by atoms with Crippen molar-refractivity contribution in [2.75, 3.05) is 5.32 Å². The molecule has 20 heavy (non-hydrogen) atoms. The van der Waals surface area contributed by atoms with Crippen molar-refractivity contribution in [3.8, 4) is 0 Å². The molecule has 0 radical (unpaired) electrons. The molecule has 0 spiro atoms. The lowest BCUT2D eigenvalue weighted by molar-refractivity contribution is -0.116. The minimum Gasteiger partial charge on any atom is -0.326 e. The van der Waals surface area contributed by atoms with E-state index >= 15 is 0 Å². The second-order valence-corrected chi connectivity index (χ2v) is 5.53. The highest BCUT2D eigenvalue weighted by molar-refractivity contribution is 6.00. The van der Waals surface area contributed by atoms with E-state index in [1.54, 1.807) is 0 Å². The van der Waals surface area contributed by atoms with Crippen LogP contribution in [-0.4, -0.2) is 11.7 Å². The monoisotopic (exact) mass is 273 g/mol. The van der Waals surface area contributed by atoms with Gasteiger partial charge in [-0.1, -0.05) is 26.7 Å². The van der Waals surface area contributed by atoms with Crippen molar-refractivity contribution in [2.45, 2.75) is 52.4 Å². The van der Waals surface area contributed by atoms with Crippen LogP contribution in [0, 0.1) is 5.92 Å². The Kier molecular flexibility index (Phi) is 4.94. The molecular formula is C17H23NO2. The van der Waals surface area contributed by atoms with Gasteiger partial charge in [0, 0.05) is 23.6 Å². The van der Waals surface area contributed by atoms with Gasteiger partial charge in [0.2, 0.25) is 5.91 Å². The Morgan fingerprint density at radius 1 is 1.30 bits per heavy atom. The number of hydrogen-bond donors (Lipinski definition) is 1. The molecule has 0 saturated carbocycles. The first-order chi connectivity index (χ1) is 9.65. The van der Waals surface area contributed by atoms with E-state index < -0.39 is 0 Å². The van der Waals surface area contributed by atoms with Gasteiger partial charge in [-0.2, -0.15) is 0 Å². The predicted octanol–water partition coefficient (Wildman–Crippen LogP) is 3.97. The lowest BCUT2D eigenvalue weighted by Gasteiger charge is -2.19. The molecule has 1 aromatic carbocycles. The number of carbonyl (C=O) groups excluding carboxylic acids is 2. The molecule has 3 heteroatoms. The zero-order valence-corrected chi connectivity index (χ0v) is 12.4. The van der Waals surface area contributed by atoms with E-state index in [1.807, 2.05) is 18.2 Å². The molecule has 0 aromatic heterocycles. The van der Waals surface area contributed by atoms with Gasteiger partial charge in [0.1, 0.15) is 0 Å². The third-order valence-electron chi connectivity index (χ3n) is 4.05. The van der Waals surface area contributed by atoms with E-state index in [9.17, 15) is 9.59 Å². The number of anilines is 1. The minimum atomic E-state index is 0.0611. The smallest absolute Gasteiger partial charge is 0.224 e. The quantitative estimate of drug-likeness (QED) is 0.797. The summed E-state index contributed by atoms with van der Waals surface area (Å²) in [5.41, 5.74) is 2.74. The van der Waals surface area contributed by atoms with Crippen LogP contribution in [0.5, 0.6) is 0 Å². The molecule has 1 atom stereocenters. The number of fused-ring (bicyclic) bond motifs is 1. The third kappa shape index (κ3) is 3.27. The molecule has 0 fully saturated rings. The number of aryl methyl sites for hydroxylation is 1. The molecule has 1 heterocycles. The Balaban J connectivity index is 2.16. The molecule has 108 valence electrons. The van der Waals surface area contributed by atoms with Crippen LogP contribution in [0.2, 0.25) is 0 Å². The van der Waals surface area contributed by atoms with Gasteiger partial charge in [-0.3, -0.25) is 9.59 Å². The largest absolute Gasteiger partial charge is 0.326 e. The van der Waals surface area contributed by atoms with Crippen LogP contribution in [0.4, 0.5) is 5.69 Å². The van der Waals surface area contributed by atoms with Crippen molar-refractivity contribution >= 4 is 17.4 Å². The molecule has 1 unspecified atom stereocenters. The van der Waals surface area contributed by atoms with Crippen molar-refractivity contribution < 1.29 is 9.59 Å². The fourth-order valence-corrected chi connectivity index (χ4v) is 2.74. The Labute approximate surface area is 120 Å². The summed E-state index contributed by atoms with van der Waals surface area (Å²) in [5.74, 6) is 0.442. The predicted molar refractivity (Wildman–Crippen MR) is 81.0 cm³/mol. The highest BCUT2D eigenvalue weighted by Crippen LogP contribution is 2.26. The topological polar surface area (TPSA) is 46.2 Å². The van der Waals surface area contributed by atoms with Crippen LogP contribution >= 0.6 is 0 Å². The van der Waals surface area contributed by atoms with E-state index in [-0.39, 0.29) is 17.6 Å². The molecule has 1 aliphatic rings. The number of hydrogen-bond acceptors (Lipinski definition) is 2. The Bertz CT molecular complexity index is 508. The molecule has 1 aliphatic heterocycles. The zero-order valence-electron chi connectivity index (χ0n) is 12.4. The second-order valence-electron chi connectivity index (χ2n) is 5.53. The molecule has 3 nitrogen and oxygen atoms in total. The number of ketones is 1. The number of Topliss-reactive ketones (excluding diaryl/α,β-unsaturated/α-hetero) is 1. The second kappa shape index (κ2) is 6.69. The van der Waals surface area contributed by atoms with Crippen LogP contribution in [0.1, 0.15) is 61.9 Å². The highest BCUT2D eigenvalue weighted by atomic mass is 16.1. The van der Waals surface area contributed by atoms with Gasteiger partial charge in [0.15, 0.2) is 5.78 Å². The summed E-state index contributed by atoms with van der Waals surface area (Å²) in [6.07, 6.45) is 5.34. The van der Waals surface area contributed by atoms with Crippen LogP contribution in [0.25, 0.3) is 0 Å². The molecule has 1 N–H and O–H groups in total. The zero-order chi connectivity index (χ0) is 14.5. The van der Waals surface area contributed by atoms with Crippen LogP contribution in [0.3, 0.4) is 0 Å². The van der Waals surface area contributed by atoms with E-state index in [0.29, 0.717) is 6.42 Å². The Hall–Kier alpha value is -1.64. The average molecular weight is 273 g/mol. The molecule has 0 saturated heterocycles. The molecule has 0 bridgehead atoms. The van der Waals surface area contributed by atoms with E-state index in [2.05, 4.69) is 19.2 Å². The summed E-state index contributed by atoms with van der Waals surface area (Å²) in [4.78, 5) is 23.9. The highest BCUT2D eigenvalue weighted by Gasteiger charge is 2.20. The maximum atomic E-state index is 12.5. The van der Waals surface area contributed by atoms with Gasteiger partial charge in [-0.25, -0.2) is 0 Å². The van der Waals surface area contributed by atoms with Gasteiger partial charge in [0.05, 0.1) is 0 Å². The fourth-order valence-electron chi connectivity index (χ4n) is 2.74. The van der Waals surface area contributed by atoms with Crippen molar-refractivity contribution in [3.63, 3.8) is 0 Å². The van der Waals surface area contributed by atoms with Gasteiger partial charge < -0.3 is 5.32 Å².